The third kappa shape index (κ3) is 5.02. The molecule has 0 saturated heterocycles. The Bertz CT molecular complexity index is 439. The van der Waals surface area contributed by atoms with Gasteiger partial charge in [-0.2, -0.15) is 0 Å². The van der Waals surface area contributed by atoms with Gasteiger partial charge >= 0.3 is 0 Å². The van der Waals surface area contributed by atoms with E-state index in [4.69, 9.17) is 9.47 Å². The molecule has 1 rings (SSSR count). The number of nitro benzene ring substituents is 1. The summed E-state index contributed by atoms with van der Waals surface area (Å²) in [5, 5.41) is 23.4. The molecular formula is C13H20N2O5. The molecule has 0 fully saturated rings. The van der Waals surface area contributed by atoms with Crippen molar-refractivity contribution >= 4 is 5.69 Å². The zero-order valence-electron chi connectivity index (χ0n) is 11.7. The minimum atomic E-state index is -0.651. The summed E-state index contributed by atoms with van der Waals surface area (Å²) in [6, 6.07) is 4.08. The number of benzene rings is 1. The molecule has 0 amide bonds. The average molecular weight is 284 g/mol. The van der Waals surface area contributed by atoms with Gasteiger partial charge in [-0.15, -0.1) is 0 Å². The molecule has 1 atom stereocenters. The first-order valence-corrected chi connectivity index (χ1v) is 6.42. The summed E-state index contributed by atoms with van der Waals surface area (Å²) in [6.07, 6.45) is 0.338. The summed E-state index contributed by atoms with van der Waals surface area (Å²) in [7, 11) is 1.41. The molecule has 1 unspecified atom stereocenters. The molecule has 0 aliphatic heterocycles. The maximum absolute atomic E-state index is 10.7. The summed E-state index contributed by atoms with van der Waals surface area (Å²) in [5.41, 5.74) is -0.0700. The highest BCUT2D eigenvalue weighted by molar-refractivity contribution is 5.48. The third-order valence-electron chi connectivity index (χ3n) is 2.60. The first-order valence-electron chi connectivity index (χ1n) is 6.42. The number of non-ortho nitro benzene ring substituents is 1. The Labute approximate surface area is 117 Å². The number of aliphatic hydroxyl groups excluding tert-OH is 1. The molecule has 0 spiro atoms. The van der Waals surface area contributed by atoms with E-state index < -0.39 is 11.0 Å². The van der Waals surface area contributed by atoms with Crippen molar-refractivity contribution in [1.29, 1.82) is 0 Å². The van der Waals surface area contributed by atoms with Crippen LogP contribution in [0.25, 0.3) is 0 Å². The number of ether oxygens (including phenoxy) is 2. The third-order valence-corrected chi connectivity index (χ3v) is 2.60. The van der Waals surface area contributed by atoms with E-state index in [1.165, 1.54) is 25.3 Å². The highest BCUT2D eigenvalue weighted by Gasteiger charge is 2.13. The maximum Gasteiger partial charge on any atom is 0.273 e. The van der Waals surface area contributed by atoms with E-state index in [9.17, 15) is 15.2 Å². The van der Waals surface area contributed by atoms with Gasteiger partial charge in [0.05, 0.1) is 18.1 Å². The van der Waals surface area contributed by atoms with Gasteiger partial charge in [0.25, 0.3) is 5.69 Å². The first-order chi connectivity index (χ1) is 9.58. The fraction of sp³-hybridized carbons (Fsp3) is 0.538. The molecule has 0 aliphatic rings. The standard InChI is InChI=1S/C13H20N2O5/c1-3-6-14-8-11(16)9-20-12-5-4-10(15(17)18)7-13(12)19-2/h4-5,7,11,14,16H,3,6,8-9H2,1-2H3. The van der Waals surface area contributed by atoms with Crippen LogP contribution >= 0.6 is 0 Å². The van der Waals surface area contributed by atoms with Gasteiger partial charge in [-0.05, 0) is 19.0 Å². The molecule has 0 aromatic heterocycles. The summed E-state index contributed by atoms with van der Waals surface area (Å²) in [5.74, 6) is 0.639. The van der Waals surface area contributed by atoms with Gasteiger partial charge in [0, 0.05) is 12.6 Å². The van der Waals surface area contributed by atoms with Gasteiger partial charge in [-0.3, -0.25) is 10.1 Å². The molecule has 0 bridgehead atoms. The Hall–Kier alpha value is -1.86. The number of hydrogen-bond donors (Lipinski definition) is 2. The van der Waals surface area contributed by atoms with Crippen molar-refractivity contribution in [3.05, 3.63) is 28.3 Å². The lowest BCUT2D eigenvalue weighted by molar-refractivity contribution is -0.384. The molecule has 2 N–H and O–H groups in total. The van der Waals surface area contributed by atoms with E-state index in [1.807, 2.05) is 6.92 Å². The monoisotopic (exact) mass is 284 g/mol. The molecular weight excluding hydrogens is 264 g/mol. The van der Waals surface area contributed by atoms with Gasteiger partial charge in [0.15, 0.2) is 11.5 Å². The molecule has 7 nitrogen and oxygen atoms in total. The van der Waals surface area contributed by atoms with Crippen LogP contribution in [0.3, 0.4) is 0 Å². The van der Waals surface area contributed by atoms with Gasteiger partial charge in [0.2, 0.25) is 0 Å². The minimum absolute atomic E-state index is 0.0700. The maximum atomic E-state index is 10.7. The van der Waals surface area contributed by atoms with E-state index >= 15 is 0 Å². The highest BCUT2D eigenvalue weighted by atomic mass is 16.6. The number of methoxy groups -OCH3 is 1. The van der Waals surface area contributed by atoms with Crippen molar-refractivity contribution in [1.82, 2.24) is 5.32 Å². The van der Waals surface area contributed by atoms with Crippen LogP contribution in [0.5, 0.6) is 11.5 Å². The molecule has 1 aromatic rings. The van der Waals surface area contributed by atoms with Gasteiger partial charge < -0.3 is 19.9 Å². The molecule has 0 radical (unpaired) electrons. The number of aliphatic hydroxyl groups is 1. The molecule has 1 aromatic carbocycles. The van der Waals surface area contributed by atoms with Gasteiger partial charge in [-0.25, -0.2) is 0 Å². The molecule has 20 heavy (non-hydrogen) atoms. The lowest BCUT2D eigenvalue weighted by Crippen LogP contribution is -2.31. The summed E-state index contributed by atoms with van der Waals surface area (Å²) in [6.45, 7) is 3.39. The molecule has 0 heterocycles. The second-order valence-corrected chi connectivity index (χ2v) is 4.26. The van der Waals surface area contributed by atoms with Crippen molar-refractivity contribution in [2.24, 2.45) is 0 Å². The van der Waals surface area contributed by atoms with Crippen LogP contribution in [0.1, 0.15) is 13.3 Å². The van der Waals surface area contributed by atoms with Crippen molar-refractivity contribution in [3.8, 4) is 11.5 Å². The fourth-order valence-electron chi connectivity index (χ4n) is 1.58. The van der Waals surface area contributed by atoms with E-state index in [1.54, 1.807) is 0 Å². The molecule has 0 aliphatic carbocycles. The number of hydrogen-bond acceptors (Lipinski definition) is 6. The van der Waals surface area contributed by atoms with Crippen molar-refractivity contribution in [2.75, 3.05) is 26.8 Å². The predicted molar refractivity (Wildman–Crippen MR) is 74.3 cm³/mol. The van der Waals surface area contributed by atoms with Crippen molar-refractivity contribution in [2.45, 2.75) is 19.4 Å². The summed E-state index contributed by atoms with van der Waals surface area (Å²) < 4.78 is 10.5. The van der Waals surface area contributed by atoms with E-state index in [-0.39, 0.29) is 18.0 Å². The predicted octanol–water partition coefficient (Wildman–Crippen LogP) is 1.34. The zero-order chi connectivity index (χ0) is 15.0. The Morgan fingerprint density at radius 2 is 2.20 bits per heavy atom. The van der Waals surface area contributed by atoms with Crippen molar-refractivity contribution in [3.63, 3.8) is 0 Å². The minimum Gasteiger partial charge on any atom is -0.493 e. The Kier molecular flexibility index (Phi) is 6.75. The SMILES string of the molecule is CCCNCC(O)COc1ccc([N+](=O)[O-])cc1OC. The Morgan fingerprint density at radius 3 is 2.80 bits per heavy atom. The second kappa shape index (κ2) is 8.34. The number of nitrogens with one attached hydrogen (secondary N) is 1. The smallest absolute Gasteiger partial charge is 0.273 e. The quantitative estimate of drug-likeness (QED) is 0.404. The summed E-state index contributed by atoms with van der Waals surface area (Å²) >= 11 is 0. The largest absolute Gasteiger partial charge is 0.493 e. The number of nitrogens with zero attached hydrogens (tertiary/aromatic N) is 1. The Balaban J connectivity index is 2.56. The van der Waals surface area contributed by atoms with Crippen LogP contribution in [0.15, 0.2) is 18.2 Å². The Morgan fingerprint density at radius 1 is 1.45 bits per heavy atom. The fourth-order valence-corrected chi connectivity index (χ4v) is 1.58. The van der Waals surface area contributed by atoms with Crippen LogP contribution in [-0.4, -0.2) is 42.9 Å². The average Bonchev–Trinajstić information content (AvgIpc) is 2.45. The number of nitro groups is 1. The van der Waals surface area contributed by atoms with Crippen LogP contribution in [-0.2, 0) is 0 Å². The van der Waals surface area contributed by atoms with Crippen LogP contribution in [0.2, 0.25) is 0 Å². The van der Waals surface area contributed by atoms with Crippen LogP contribution in [0.4, 0.5) is 5.69 Å². The molecule has 7 heteroatoms. The lowest BCUT2D eigenvalue weighted by Gasteiger charge is -2.14. The van der Waals surface area contributed by atoms with Gasteiger partial charge in [-0.1, -0.05) is 6.92 Å². The normalized spacial score (nSPS) is 11.9. The number of rotatable bonds is 9. The zero-order valence-corrected chi connectivity index (χ0v) is 11.7. The van der Waals surface area contributed by atoms with E-state index in [0.29, 0.717) is 12.3 Å². The molecule has 112 valence electrons. The first kappa shape index (κ1) is 16.2. The van der Waals surface area contributed by atoms with Crippen molar-refractivity contribution < 1.29 is 19.5 Å². The highest BCUT2D eigenvalue weighted by Crippen LogP contribution is 2.31. The van der Waals surface area contributed by atoms with E-state index in [0.717, 1.165) is 13.0 Å². The second-order valence-electron chi connectivity index (χ2n) is 4.26. The molecule has 0 saturated carbocycles. The van der Waals surface area contributed by atoms with Crippen LogP contribution in [0, 0.1) is 10.1 Å². The van der Waals surface area contributed by atoms with Gasteiger partial charge in [0.1, 0.15) is 12.7 Å². The van der Waals surface area contributed by atoms with Crippen LogP contribution < -0.4 is 14.8 Å². The summed E-state index contributed by atoms with van der Waals surface area (Å²) in [4.78, 5) is 10.1. The lowest BCUT2D eigenvalue weighted by atomic mass is 10.3. The van der Waals surface area contributed by atoms with E-state index in [2.05, 4.69) is 5.32 Å². The topological polar surface area (TPSA) is 93.9 Å².